The molecule has 0 saturated carbocycles. The number of fused-ring (bicyclic) bond motifs is 2. The van der Waals surface area contributed by atoms with Gasteiger partial charge in [-0.1, -0.05) is 0 Å². The summed E-state index contributed by atoms with van der Waals surface area (Å²) in [5.41, 5.74) is 2.21. The van der Waals surface area contributed by atoms with E-state index in [9.17, 15) is 0 Å². The van der Waals surface area contributed by atoms with Crippen LogP contribution in [0.3, 0.4) is 0 Å². The molecule has 0 aliphatic heterocycles. The predicted molar refractivity (Wildman–Crippen MR) is 107 cm³/mol. The molecule has 0 atom stereocenters. The van der Waals surface area contributed by atoms with Crippen molar-refractivity contribution in [2.24, 2.45) is 0 Å². The Morgan fingerprint density at radius 2 is 1.04 bits per heavy atom. The number of rotatable bonds is 3. The summed E-state index contributed by atoms with van der Waals surface area (Å²) < 4.78 is 2.04. The van der Waals surface area contributed by atoms with E-state index in [1.54, 1.807) is 0 Å². The Bertz CT molecular complexity index is 1000. The molecule has 0 aliphatic carbocycles. The molecule has 0 aromatic heterocycles. The van der Waals surface area contributed by atoms with Crippen LogP contribution < -0.4 is 4.81 Å². The maximum absolute atomic E-state index is 6.34. The van der Waals surface area contributed by atoms with Gasteiger partial charge in [-0.25, -0.2) is 0 Å². The summed E-state index contributed by atoms with van der Waals surface area (Å²) in [6, 6.07) is 29.4. The average molecular weight is 441 g/mol. The van der Waals surface area contributed by atoms with E-state index >= 15 is 0 Å². The molecule has 0 unspecified atom stereocenters. The number of hydrogen-bond donors (Lipinski definition) is 0. The molecule has 0 heterocycles. The third kappa shape index (κ3) is 3.51. The quantitative estimate of drug-likeness (QED) is 0.324. The van der Waals surface area contributed by atoms with Crippen molar-refractivity contribution < 1.29 is 18.6 Å². The molecule has 120 valence electrons. The van der Waals surface area contributed by atoms with Crippen LogP contribution in [0.1, 0.15) is 0 Å². The second-order valence-electron chi connectivity index (χ2n) is 5.79. The van der Waals surface area contributed by atoms with Gasteiger partial charge in [-0.3, -0.25) is 0 Å². The predicted octanol–water partition coefficient (Wildman–Crippen LogP) is 6.59. The van der Waals surface area contributed by atoms with Crippen molar-refractivity contribution in [1.82, 2.24) is 0 Å². The second-order valence-corrected chi connectivity index (χ2v) is 13.8. The molecule has 0 N–H and O–H groups in total. The van der Waals surface area contributed by atoms with Crippen LogP contribution in [0.25, 0.3) is 21.5 Å². The molecule has 4 aromatic carbocycles. The van der Waals surface area contributed by atoms with Crippen LogP contribution in [0.5, 0.6) is 0 Å². The van der Waals surface area contributed by atoms with Gasteiger partial charge < -0.3 is 0 Å². The third-order valence-electron chi connectivity index (χ3n) is 4.28. The zero-order chi connectivity index (χ0) is 17.2. The minimum atomic E-state index is -2.55. The first-order chi connectivity index (χ1) is 12.2. The van der Waals surface area contributed by atoms with E-state index in [-0.39, 0.29) is 0 Å². The van der Waals surface area contributed by atoms with Gasteiger partial charge in [0.05, 0.1) is 0 Å². The molecule has 0 amide bonds. The molecule has 4 rings (SSSR count). The number of anilines is 2. The van der Waals surface area contributed by atoms with Crippen LogP contribution in [0, 0.1) is 0 Å². The third-order valence-corrected chi connectivity index (χ3v) is 6.55. The number of benzene rings is 4. The summed E-state index contributed by atoms with van der Waals surface area (Å²) in [6.45, 7) is 0. The molecule has 0 spiro atoms. The van der Waals surface area contributed by atoms with Crippen LogP contribution in [0.2, 0.25) is 0 Å². The Morgan fingerprint density at radius 3 is 1.52 bits per heavy atom. The van der Waals surface area contributed by atoms with Gasteiger partial charge in [0.2, 0.25) is 0 Å². The van der Waals surface area contributed by atoms with Crippen LogP contribution in [0.15, 0.2) is 84.9 Å². The van der Waals surface area contributed by atoms with Crippen LogP contribution >= 0.6 is 17.0 Å². The normalized spacial score (nSPS) is 10.6. The molecule has 5 heteroatoms. The summed E-state index contributed by atoms with van der Waals surface area (Å²) in [7, 11) is 12.7. The number of nitrogens with zero attached hydrogens (tertiary/aromatic N) is 1. The Balaban J connectivity index is 2.02. The molecule has 0 fully saturated rings. The molecule has 1 nitrogen and oxygen atoms in total. The first kappa shape index (κ1) is 17.2. The van der Waals surface area contributed by atoms with Gasteiger partial charge >= 0.3 is 163 Å². The molecule has 0 saturated heterocycles. The summed E-state index contributed by atoms with van der Waals surface area (Å²) in [5.74, 6) is 0. The van der Waals surface area contributed by atoms with Gasteiger partial charge in [0.15, 0.2) is 0 Å². The van der Waals surface area contributed by atoms with Gasteiger partial charge in [0, 0.05) is 0 Å². The summed E-state index contributed by atoms with van der Waals surface area (Å²) >= 11 is -2.55. The first-order valence-electron chi connectivity index (χ1n) is 8.01. The van der Waals surface area contributed by atoms with E-state index in [0.717, 1.165) is 11.4 Å². The molecular weight excluding hydrogens is 427 g/mol. The summed E-state index contributed by atoms with van der Waals surface area (Å²) in [4.78, 5) is 2.18. The van der Waals surface area contributed by atoms with Gasteiger partial charge in [-0.2, -0.15) is 0 Å². The fraction of sp³-hybridized carbons (Fsp3) is 0. The summed E-state index contributed by atoms with van der Waals surface area (Å²) in [5, 5.41) is 4.78. The summed E-state index contributed by atoms with van der Waals surface area (Å²) in [6.07, 6.45) is 0. The number of hydrogen-bond acceptors (Lipinski definition) is 1. The van der Waals surface area contributed by atoms with Crippen LogP contribution in [-0.2, 0) is 18.6 Å². The minimum absolute atomic E-state index is 1.11. The SMILES string of the molecule is [Cl][Zr]([Cl])=[B]N(c1cccc2ccccc12)c1cccc2ccccc12. The second kappa shape index (κ2) is 7.54. The Labute approximate surface area is 162 Å². The van der Waals surface area contributed by atoms with E-state index in [0.29, 0.717) is 0 Å². The van der Waals surface area contributed by atoms with Crippen LogP contribution in [0.4, 0.5) is 11.4 Å². The van der Waals surface area contributed by atoms with Gasteiger partial charge in [0.1, 0.15) is 0 Å². The standard InChI is InChI=1S/C20H14BN.2ClH.Zr/c21-22(19-13-5-9-15-7-1-3-11-17(15)19)20-14-6-10-16-8-2-4-12-18(16)20;;;/h1-14H;2*1H;/q;;;+2/p-2. The fourth-order valence-electron chi connectivity index (χ4n) is 3.20. The monoisotopic (exact) mass is 439 g/mol. The van der Waals surface area contributed by atoms with Crippen LogP contribution in [-0.4, -0.2) is 4.51 Å². The van der Waals surface area contributed by atoms with E-state index in [4.69, 9.17) is 17.0 Å². The van der Waals surface area contributed by atoms with Crippen molar-refractivity contribution in [3.8, 4) is 0 Å². The molecule has 4 aromatic rings. The molecule has 25 heavy (non-hydrogen) atoms. The van der Waals surface area contributed by atoms with Gasteiger partial charge in [-0.15, -0.1) is 0 Å². The van der Waals surface area contributed by atoms with Crippen molar-refractivity contribution in [3.05, 3.63) is 84.9 Å². The maximum atomic E-state index is 6.34. The zero-order valence-corrected chi connectivity index (χ0v) is 17.3. The fourth-order valence-corrected chi connectivity index (χ4v) is 5.52. The number of halogens is 2. The molecule has 0 aliphatic rings. The zero-order valence-electron chi connectivity index (χ0n) is 13.4. The Kier molecular flexibility index (Phi) is 5.17. The Morgan fingerprint density at radius 1 is 0.600 bits per heavy atom. The van der Waals surface area contributed by atoms with Crippen molar-refractivity contribution in [1.29, 1.82) is 0 Å². The van der Waals surface area contributed by atoms with Crippen molar-refractivity contribution >= 4 is 54.5 Å². The Hall–Kier alpha value is -1.27. The molecular formula is C20H14BCl2NZr. The average Bonchev–Trinajstić information content (AvgIpc) is 2.65. The molecule has 0 bridgehead atoms. The topological polar surface area (TPSA) is 3.24 Å². The van der Waals surface area contributed by atoms with Crippen molar-refractivity contribution in [2.75, 3.05) is 4.81 Å². The van der Waals surface area contributed by atoms with Gasteiger partial charge in [0.25, 0.3) is 0 Å². The van der Waals surface area contributed by atoms with E-state index in [2.05, 4.69) is 89.7 Å². The van der Waals surface area contributed by atoms with Gasteiger partial charge in [-0.05, 0) is 0 Å². The van der Waals surface area contributed by atoms with E-state index in [1.165, 1.54) is 21.5 Å². The van der Waals surface area contributed by atoms with E-state index in [1.807, 2.05) is 4.51 Å². The first-order valence-corrected chi connectivity index (χ1v) is 15.8. The molecule has 0 radical (unpaired) electrons. The van der Waals surface area contributed by atoms with Crippen molar-refractivity contribution in [3.63, 3.8) is 0 Å². The van der Waals surface area contributed by atoms with Crippen molar-refractivity contribution in [2.45, 2.75) is 0 Å². The van der Waals surface area contributed by atoms with E-state index < -0.39 is 18.6 Å².